The number of primary amides is 1. The summed E-state index contributed by atoms with van der Waals surface area (Å²) < 4.78 is 5.62. The van der Waals surface area contributed by atoms with Gasteiger partial charge in [0.05, 0.1) is 0 Å². The van der Waals surface area contributed by atoms with Crippen molar-refractivity contribution in [2.24, 2.45) is 5.73 Å². The van der Waals surface area contributed by atoms with E-state index in [1.165, 1.54) is 0 Å². The van der Waals surface area contributed by atoms with E-state index in [4.69, 9.17) is 10.5 Å². The van der Waals surface area contributed by atoms with Gasteiger partial charge in [-0.25, -0.2) is 4.79 Å². The molecule has 3 N–H and O–H groups in total. The second-order valence-corrected chi connectivity index (χ2v) is 3.79. The summed E-state index contributed by atoms with van der Waals surface area (Å²) in [6, 6.07) is 16.4. The van der Waals surface area contributed by atoms with Crippen molar-refractivity contribution in [3.8, 4) is 5.75 Å². The van der Waals surface area contributed by atoms with Crippen LogP contribution in [0.4, 0.5) is 10.5 Å². The second kappa shape index (κ2) is 5.72. The molecule has 0 unspecified atom stereocenters. The molecule has 2 aromatic rings. The molecule has 92 valence electrons. The largest absolute Gasteiger partial charge is 0.489 e. The van der Waals surface area contributed by atoms with Gasteiger partial charge >= 0.3 is 6.03 Å². The third kappa shape index (κ3) is 3.52. The molecular formula is C14H14N2O2. The maximum Gasteiger partial charge on any atom is 0.316 e. The molecule has 0 fully saturated rings. The molecule has 0 spiro atoms. The third-order valence-corrected chi connectivity index (χ3v) is 2.35. The highest BCUT2D eigenvalue weighted by atomic mass is 16.5. The molecule has 0 bridgehead atoms. The number of amides is 2. The topological polar surface area (TPSA) is 64.4 Å². The maximum absolute atomic E-state index is 10.7. The molecule has 2 aromatic carbocycles. The van der Waals surface area contributed by atoms with Gasteiger partial charge in [-0.15, -0.1) is 0 Å². The van der Waals surface area contributed by atoms with Crippen LogP contribution in [-0.4, -0.2) is 6.03 Å². The van der Waals surface area contributed by atoms with Crippen molar-refractivity contribution in [2.75, 3.05) is 5.32 Å². The summed E-state index contributed by atoms with van der Waals surface area (Å²) in [4.78, 5) is 10.7. The highest BCUT2D eigenvalue weighted by Gasteiger charge is 1.99. The first-order chi connectivity index (χ1) is 8.74. The molecule has 0 radical (unpaired) electrons. The van der Waals surface area contributed by atoms with Crippen molar-refractivity contribution in [2.45, 2.75) is 6.61 Å². The standard InChI is InChI=1S/C14H14N2O2/c15-14(17)16-12-7-4-8-13(9-12)18-10-11-5-2-1-3-6-11/h1-9H,10H2,(H3,15,16,17). The Morgan fingerprint density at radius 1 is 1.11 bits per heavy atom. The molecule has 0 heterocycles. The molecule has 2 rings (SSSR count). The lowest BCUT2D eigenvalue weighted by molar-refractivity contribution is 0.259. The predicted octanol–water partition coefficient (Wildman–Crippen LogP) is 2.76. The Bertz CT molecular complexity index is 526. The number of urea groups is 1. The van der Waals surface area contributed by atoms with Gasteiger partial charge in [0, 0.05) is 11.8 Å². The average molecular weight is 242 g/mol. The summed E-state index contributed by atoms with van der Waals surface area (Å²) in [5.74, 6) is 0.685. The maximum atomic E-state index is 10.7. The number of anilines is 1. The lowest BCUT2D eigenvalue weighted by atomic mass is 10.2. The van der Waals surface area contributed by atoms with Gasteiger partial charge in [-0.3, -0.25) is 0 Å². The number of rotatable bonds is 4. The number of benzene rings is 2. The summed E-state index contributed by atoms with van der Waals surface area (Å²) >= 11 is 0. The first-order valence-corrected chi connectivity index (χ1v) is 5.57. The highest BCUT2D eigenvalue weighted by molar-refractivity contribution is 5.87. The van der Waals surface area contributed by atoms with E-state index in [2.05, 4.69) is 5.32 Å². The minimum absolute atomic E-state index is 0.487. The van der Waals surface area contributed by atoms with Gasteiger partial charge in [0.15, 0.2) is 0 Å². The Morgan fingerprint density at radius 3 is 2.61 bits per heavy atom. The number of ether oxygens (including phenoxy) is 1. The number of carbonyl (C=O) groups excluding carboxylic acids is 1. The van der Waals surface area contributed by atoms with Crippen molar-refractivity contribution >= 4 is 11.7 Å². The highest BCUT2D eigenvalue weighted by Crippen LogP contribution is 2.18. The molecule has 4 nitrogen and oxygen atoms in total. The first-order valence-electron chi connectivity index (χ1n) is 5.57. The Labute approximate surface area is 105 Å². The van der Waals surface area contributed by atoms with E-state index >= 15 is 0 Å². The van der Waals surface area contributed by atoms with Crippen molar-refractivity contribution in [1.82, 2.24) is 0 Å². The van der Waals surface area contributed by atoms with E-state index in [0.29, 0.717) is 18.0 Å². The molecule has 0 aromatic heterocycles. The van der Waals surface area contributed by atoms with E-state index in [1.54, 1.807) is 18.2 Å². The van der Waals surface area contributed by atoms with Crippen LogP contribution >= 0.6 is 0 Å². The van der Waals surface area contributed by atoms with Gasteiger partial charge in [-0.2, -0.15) is 0 Å². The zero-order valence-electron chi connectivity index (χ0n) is 9.80. The van der Waals surface area contributed by atoms with Crippen LogP contribution in [0.3, 0.4) is 0 Å². The quantitative estimate of drug-likeness (QED) is 0.865. The molecule has 4 heteroatoms. The Hall–Kier alpha value is -2.49. The second-order valence-electron chi connectivity index (χ2n) is 3.79. The van der Waals surface area contributed by atoms with Crippen molar-refractivity contribution < 1.29 is 9.53 Å². The summed E-state index contributed by atoms with van der Waals surface area (Å²) in [6.45, 7) is 0.487. The van der Waals surface area contributed by atoms with Crippen LogP contribution < -0.4 is 15.8 Å². The summed E-state index contributed by atoms with van der Waals surface area (Å²) in [5, 5.41) is 2.50. The predicted molar refractivity (Wildman–Crippen MR) is 70.4 cm³/mol. The molecule has 0 atom stereocenters. The van der Waals surface area contributed by atoms with E-state index in [-0.39, 0.29) is 0 Å². The van der Waals surface area contributed by atoms with Crippen molar-refractivity contribution in [1.29, 1.82) is 0 Å². The molecule has 2 amide bonds. The smallest absolute Gasteiger partial charge is 0.316 e. The van der Waals surface area contributed by atoms with Crippen LogP contribution in [0, 0.1) is 0 Å². The van der Waals surface area contributed by atoms with Crippen molar-refractivity contribution in [3.05, 3.63) is 60.2 Å². The molecule has 0 aliphatic heterocycles. The molecule has 0 aliphatic rings. The first kappa shape index (κ1) is 12.0. The third-order valence-electron chi connectivity index (χ3n) is 2.35. The minimum Gasteiger partial charge on any atom is -0.489 e. The van der Waals surface area contributed by atoms with Gasteiger partial charge in [-0.1, -0.05) is 36.4 Å². The number of hydrogen-bond donors (Lipinski definition) is 2. The summed E-state index contributed by atoms with van der Waals surface area (Å²) in [5.41, 5.74) is 6.76. The molecule has 0 saturated carbocycles. The van der Waals surface area contributed by atoms with E-state index in [0.717, 1.165) is 5.56 Å². The molecular weight excluding hydrogens is 228 g/mol. The van der Waals surface area contributed by atoms with Gasteiger partial charge in [-0.05, 0) is 17.7 Å². The molecule has 0 aliphatic carbocycles. The monoisotopic (exact) mass is 242 g/mol. The summed E-state index contributed by atoms with van der Waals surface area (Å²) in [7, 11) is 0. The SMILES string of the molecule is NC(=O)Nc1cccc(OCc2ccccc2)c1. The zero-order chi connectivity index (χ0) is 12.8. The summed E-state index contributed by atoms with van der Waals surface area (Å²) in [6.07, 6.45) is 0. The molecule has 18 heavy (non-hydrogen) atoms. The Balaban J connectivity index is 1.99. The fraction of sp³-hybridized carbons (Fsp3) is 0.0714. The van der Waals surface area contributed by atoms with Crippen LogP contribution in [0.5, 0.6) is 5.75 Å². The number of nitrogens with one attached hydrogen (secondary N) is 1. The van der Waals surface area contributed by atoms with Crippen LogP contribution in [0.25, 0.3) is 0 Å². The van der Waals surface area contributed by atoms with E-state index in [1.807, 2.05) is 36.4 Å². The van der Waals surface area contributed by atoms with Gasteiger partial charge < -0.3 is 15.8 Å². The Morgan fingerprint density at radius 2 is 1.89 bits per heavy atom. The normalized spacial score (nSPS) is 9.78. The fourth-order valence-corrected chi connectivity index (χ4v) is 1.55. The van der Waals surface area contributed by atoms with Crippen LogP contribution in [0.15, 0.2) is 54.6 Å². The fourth-order valence-electron chi connectivity index (χ4n) is 1.55. The number of hydrogen-bond acceptors (Lipinski definition) is 2. The van der Waals surface area contributed by atoms with E-state index < -0.39 is 6.03 Å². The van der Waals surface area contributed by atoms with Crippen molar-refractivity contribution in [3.63, 3.8) is 0 Å². The van der Waals surface area contributed by atoms with Gasteiger partial charge in [0.1, 0.15) is 12.4 Å². The number of carbonyl (C=O) groups is 1. The lowest BCUT2D eigenvalue weighted by Crippen LogP contribution is -2.19. The Kier molecular flexibility index (Phi) is 3.81. The zero-order valence-corrected chi connectivity index (χ0v) is 9.80. The van der Waals surface area contributed by atoms with Gasteiger partial charge in [0.2, 0.25) is 0 Å². The van der Waals surface area contributed by atoms with Gasteiger partial charge in [0.25, 0.3) is 0 Å². The lowest BCUT2D eigenvalue weighted by Gasteiger charge is -2.08. The van der Waals surface area contributed by atoms with Crippen LogP contribution in [0.2, 0.25) is 0 Å². The van der Waals surface area contributed by atoms with Crippen LogP contribution in [0.1, 0.15) is 5.56 Å². The number of nitrogens with two attached hydrogens (primary N) is 1. The van der Waals surface area contributed by atoms with E-state index in [9.17, 15) is 4.79 Å². The average Bonchev–Trinajstić information content (AvgIpc) is 2.37. The van der Waals surface area contributed by atoms with Crippen LogP contribution in [-0.2, 0) is 6.61 Å². The minimum atomic E-state index is -0.588. The molecule has 0 saturated heterocycles.